The summed E-state index contributed by atoms with van der Waals surface area (Å²) in [4.78, 5) is 14.1. The molecule has 112 valence electrons. The van der Waals surface area contributed by atoms with E-state index in [2.05, 4.69) is 11.0 Å². The van der Waals surface area contributed by atoms with E-state index in [4.69, 9.17) is 4.42 Å². The Morgan fingerprint density at radius 1 is 1.33 bits per heavy atom. The molecule has 1 aromatic heterocycles. The van der Waals surface area contributed by atoms with Gasteiger partial charge in [-0.05, 0) is 43.4 Å². The molecule has 1 aliphatic carbocycles. The summed E-state index contributed by atoms with van der Waals surface area (Å²) in [5.74, 6) is 0. The minimum Gasteiger partial charge on any atom is -0.422 e. The van der Waals surface area contributed by atoms with Gasteiger partial charge in [-0.2, -0.15) is 0 Å². The number of hydrogen-bond donors (Lipinski definition) is 1. The van der Waals surface area contributed by atoms with Gasteiger partial charge in [-0.25, -0.2) is 4.79 Å². The first-order valence-electron chi connectivity index (χ1n) is 7.48. The molecule has 0 atom stereocenters. The number of aliphatic hydroxyl groups excluding tert-OH is 1. The van der Waals surface area contributed by atoms with Gasteiger partial charge < -0.3 is 9.52 Å². The highest BCUT2D eigenvalue weighted by Gasteiger charge is 2.29. The highest BCUT2D eigenvalue weighted by molar-refractivity contribution is 5.83. The summed E-state index contributed by atoms with van der Waals surface area (Å²) in [6.07, 6.45) is 2.36. The summed E-state index contributed by atoms with van der Waals surface area (Å²) in [7, 11) is 0. The maximum Gasteiger partial charge on any atom is 0.336 e. The number of nitrogens with zero attached hydrogens (tertiary/aromatic N) is 1. The molecular formula is C17H21NO3. The Morgan fingerprint density at radius 2 is 2.10 bits per heavy atom. The van der Waals surface area contributed by atoms with Crippen molar-refractivity contribution in [2.45, 2.75) is 39.3 Å². The Hall–Kier alpha value is -1.65. The van der Waals surface area contributed by atoms with Crippen molar-refractivity contribution in [2.24, 2.45) is 0 Å². The molecule has 0 bridgehead atoms. The van der Waals surface area contributed by atoms with Crippen LogP contribution in [0.15, 0.2) is 27.4 Å². The van der Waals surface area contributed by atoms with Crippen molar-refractivity contribution < 1.29 is 9.52 Å². The van der Waals surface area contributed by atoms with Crippen LogP contribution in [-0.4, -0.2) is 29.2 Å². The van der Waals surface area contributed by atoms with E-state index in [1.807, 2.05) is 19.9 Å². The summed E-state index contributed by atoms with van der Waals surface area (Å²) >= 11 is 0. The van der Waals surface area contributed by atoms with Gasteiger partial charge in [-0.1, -0.05) is 12.1 Å². The molecule has 0 amide bonds. The van der Waals surface area contributed by atoms with E-state index in [9.17, 15) is 9.90 Å². The minimum atomic E-state index is -0.300. The lowest BCUT2D eigenvalue weighted by atomic mass is 10.0. The number of benzene rings is 1. The van der Waals surface area contributed by atoms with Crippen LogP contribution in [0.5, 0.6) is 0 Å². The van der Waals surface area contributed by atoms with Crippen LogP contribution in [0.4, 0.5) is 0 Å². The van der Waals surface area contributed by atoms with Crippen molar-refractivity contribution >= 4 is 11.0 Å². The number of rotatable bonds is 5. The first-order chi connectivity index (χ1) is 10.1. The zero-order valence-electron chi connectivity index (χ0n) is 12.6. The molecule has 0 aliphatic heterocycles. The van der Waals surface area contributed by atoms with E-state index >= 15 is 0 Å². The standard InChI is InChI=1S/C17H21NO3/c1-11-3-6-15-13(9-16(20)21-17(15)12(11)2)10-18(7-8-19)14-4-5-14/h3,6,9,14,19H,4-5,7-8,10H2,1-2H3. The van der Waals surface area contributed by atoms with Crippen molar-refractivity contribution in [3.05, 3.63) is 45.3 Å². The quantitative estimate of drug-likeness (QED) is 0.858. The van der Waals surface area contributed by atoms with E-state index in [-0.39, 0.29) is 12.2 Å². The van der Waals surface area contributed by atoms with Gasteiger partial charge in [0.25, 0.3) is 0 Å². The largest absolute Gasteiger partial charge is 0.422 e. The van der Waals surface area contributed by atoms with E-state index in [0.717, 1.165) is 22.1 Å². The monoisotopic (exact) mass is 287 g/mol. The number of hydrogen-bond acceptors (Lipinski definition) is 4. The van der Waals surface area contributed by atoms with E-state index < -0.39 is 0 Å². The summed E-state index contributed by atoms with van der Waals surface area (Å²) < 4.78 is 5.41. The average molecular weight is 287 g/mol. The summed E-state index contributed by atoms with van der Waals surface area (Å²) in [6, 6.07) is 6.23. The third-order valence-electron chi connectivity index (χ3n) is 4.34. The second-order valence-corrected chi connectivity index (χ2v) is 5.90. The van der Waals surface area contributed by atoms with Crippen LogP contribution in [-0.2, 0) is 6.54 Å². The Bertz CT molecular complexity index is 716. The van der Waals surface area contributed by atoms with Crippen LogP contribution in [0.25, 0.3) is 11.0 Å². The van der Waals surface area contributed by atoms with Crippen molar-refractivity contribution in [3.63, 3.8) is 0 Å². The van der Waals surface area contributed by atoms with Crippen LogP contribution >= 0.6 is 0 Å². The highest BCUT2D eigenvalue weighted by atomic mass is 16.4. The molecule has 0 radical (unpaired) electrons. The van der Waals surface area contributed by atoms with Crippen molar-refractivity contribution in [3.8, 4) is 0 Å². The smallest absolute Gasteiger partial charge is 0.336 e. The molecule has 1 aliphatic rings. The van der Waals surface area contributed by atoms with Gasteiger partial charge in [0.1, 0.15) is 5.58 Å². The van der Waals surface area contributed by atoms with E-state index in [0.29, 0.717) is 24.7 Å². The number of fused-ring (bicyclic) bond motifs is 1. The molecule has 4 heteroatoms. The first-order valence-corrected chi connectivity index (χ1v) is 7.48. The van der Waals surface area contributed by atoms with Gasteiger partial charge in [0.2, 0.25) is 0 Å². The second kappa shape index (κ2) is 5.62. The topological polar surface area (TPSA) is 53.7 Å². The lowest BCUT2D eigenvalue weighted by molar-refractivity contribution is 0.183. The zero-order chi connectivity index (χ0) is 15.0. The molecule has 1 heterocycles. The van der Waals surface area contributed by atoms with Gasteiger partial charge in [-0.15, -0.1) is 0 Å². The predicted octanol–water partition coefficient (Wildman–Crippen LogP) is 2.37. The maximum absolute atomic E-state index is 11.9. The van der Waals surface area contributed by atoms with Crippen LogP contribution in [0, 0.1) is 13.8 Å². The Kier molecular flexibility index (Phi) is 3.83. The minimum absolute atomic E-state index is 0.147. The van der Waals surface area contributed by atoms with Gasteiger partial charge in [0, 0.05) is 30.6 Å². The van der Waals surface area contributed by atoms with Gasteiger partial charge in [0.15, 0.2) is 0 Å². The van der Waals surface area contributed by atoms with Gasteiger partial charge in [0.05, 0.1) is 6.61 Å². The van der Waals surface area contributed by atoms with Gasteiger partial charge in [-0.3, -0.25) is 4.90 Å². The third kappa shape index (κ3) is 2.87. The molecule has 1 saturated carbocycles. The lowest BCUT2D eigenvalue weighted by Gasteiger charge is -2.21. The summed E-state index contributed by atoms with van der Waals surface area (Å²) in [6.45, 7) is 5.49. The third-order valence-corrected chi connectivity index (χ3v) is 4.34. The molecule has 1 N–H and O–H groups in total. The Labute approximate surface area is 124 Å². The van der Waals surface area contributed by atoms with E-state index in [1.165, 1.54) is 12.8 Å². The summed E-state index contributed by atoms with van der Waals surface area (Å²) in [5.41, 5.74) is 3.52. The van der Waals surface area contributed by atoms with Crippen LogP contribution < -0.4 is 5.63 Å². The van der Waals surface area contributed by atoms with Crippen LogP contribution in [0.3, 0.4) is 0 Å². The van der Waals surface area contributed by atoms with Crippen molar-refractivity contribution in [1.29, 1.82) is 0 Å². The molecule has 21 heavy (non-hydrogen) atoms. The fourth-order valence-corrected chi connectivity index (χ4v) is 2.83. The number of aliphatic hydroxyl groups is 1. The molecule has 0 spiro atoms. The molecular weight excluding hydrogens is 266 g/mol. The average Bonchev–Trinajstić information content (AvgIpc) is 3.27. The SMILES string of the molecule is Cc1ccc2c(CN(CCO)C3CC3)cc(=O)oc2c1C. The van der Waals surface area contributed by atoms with E-state index in [1.54, 1.807) is 6.07 Å². The fraction of sp³-hybridized carbons (Fsp3) is 0.471. The highest BCUT2D eigenvalue weighted by Crippen LogP contribution is 2.30. The second-order valence-electron chi connectivity index (χ2n) is 5.90. The van der Waals surface area contributed by atoms with Crippen LogP contribution in [0.2, 0.25) is 0 Å². The molecule has 1 fully saturated rings. The first kappa shape index (κ1) is 14.3. The molecule has 0 unspecified atom stereocenters. The Morgan fingerprint density at radius 3 is 2.76 bits per heavy atom. The maximum atomic E-state index is 11.9. The number of aryl methyl sites for hydroxylation is 2. The summed E-state index contributed by atoms with van der Waals surface area (Å²) in [5, 5.41) is 10.2. The lowest BCUT2D eigenvalue weighted by Crippen LogP contribution is -2.29. The molecule has 3 rings (SSSR count). The Balaban J connectivity index is 2.05. The van der Waals surface area contributed by atoms with Crippen molar-refractivity contribution in [1.82, 2.24) is 4.90 Å². The zero-order valence-corrected chi connectivity index (χ0v) is 12.6. The molecule has 2 aromatic rings. The molecule has 4 nitrogen and oxygen atoms in total. The van der Waals surface area contributed by atoms with Gasteiger partial charge >= 0.3 is 5.63 Å². The molecule has 1 aromatic carbocycles. The fourth-order valence-electron chi connectivity index (χ4n) is 2.83. The predicted molar refractivity (Wildman–Crippen MR) is 82.5 cm³/mol. The van der Waals surface area contributed by atoms with Crippen molar-refractivity contribution in [2.75, 3.05) is 13.2 Å². The normalized spacial score (nSPS) is 15.0. The molecule has 0 saturated heterocycles. The van der Waals surface area contributed by atoms with Crippen LogP contribution in [0.1, 0.15) is 29.5 Å².